The van der Waals surface area contributed by atoms with Crippen molar-refractivity contribution >= 4 is 22.6 Å². The van der Waals surface area contributed by atoms with Gasteiger partial charge in [-0.3, -0.25) is 9.59 Å². The molecule has 5 rings (SSSR count). The van der Waals surface area contributed by atoms with Crippen LogP contribution in [0.5, 0.6) is 11.5 Å². The van der Waals surface area contributed by atoms with Gasteiger partial charge in [0.05, 0.1) is 12.6 Å². The maximum Gasteiger partial charge on any atom is 0.278 e. The van der Waals surface area contributed by atoms with Gasteiger partial charge in [-0.25, -0.2) is 4.98 Å². The number of aromatic nitrogens is 3. The fourth-order valence-corrected chi connectivity index (χ4v) is 4.36. The smallest absolute Gasteiger partial charge is 0.278 e. The summed E-state index contributed by atoms with van der Waals surface area (Å²) < 4.78 is 6.39. The summed E-state index contributed by atoms with van der Waals surface area (Å²) in [4.78, 5) is 34.4. The molecule has 0 unspecified atom stereocenters. The Balaban J connectivity index is 1.37. The second kappa shape index (κ2) is 9.09. The van der Waals surface area contributed by atoms with Gasteiger partial charge >= 0.3 is 0 Å². The van der Waals surface area contributed by atoms with E-state index in [0.29, 0.717) is 37.6 Å². The van der Waals surface area contributed by atoms with Crippen molar-refractivity contribution in [3.05, 3.63) is 82.3 Å². The van der Waals surface area contributed by atoms with Crippen LogP contribution in [0.1, 0.15) is 16.1 Å². The van der Waals surface area contributed by atoms with Gasteiger partial charge in [0.15, 0.2) is 11.4 Å². The molecular formula is C26H25N5O4. The molecule has 0 radical (unpaired) electrons. The molecule has 1 saturated heterocycles. The minimum absolute atomic E-state index is 0.177. The van der Waals surface area contributed by atoms with Gasteiger partial charge in [0, 0.05) is 37.6 Å². The fraction of sp³-hybridized carbons (Fsp3) is 0.231. The molecule has 0 atom stereocenters. The number of carbonyl (C=O) groups excluding carboxylic acids is 1. The largest absolute Gasteiger partial charge is 0.505 e. The average Bonchev–Trinajstić information content (AvgIpc) is 2.88. The Hall–Kier alpha value is -4.40. The molecule has 1 aliphatic rings. The van der Waals surface area contributed by atoms with Crippen molar-refractivity contribution in [3.8, 4) is 17.2 Å². The van der Waals surface area contributed by atoms with Crippen molar-refractivity contribution in [1.82, 2.24) is 19.7 Å². The predicted octanol–water partition coefficient (Wildman–Crippen LogP) is 2.77. The van der Waals surface area contributed by atoms with Crippen LogP contribution in [-0.4, -0.2) is 64.0 Å². The van der Waals surface area contributed by atoms with Crippen molar-refractivity contribution in [2.75, 3.05) is 38.2 Å². The second-order valence-corrected chi connectivity index (χ2v) is 8.39. The number of fused-ring (bicyclic) bond motifs is 1. The zero-order valence-corrected chi connectivity index (χ0v) is 19.5. The van der Waals surface area contributed by atoms with Gasteiger partial charge in [-0.05, 0) is 36.8 Å². The third kappa shape index (κ3) is 4.16. The van der Waals surface area contributed by atoms with Crippen LogP contribution in [0.3, 0.4) is 0 Å². The Labute approximate surface area is 201 Å². The second-order valence-electron chi connectivity index (χ2n) is 8.39. The number of anilines is 1. The van der Waals surface area contributed by atoms with Gasteiger partial charge in [-0.2, -0.15) is 9.78 Å². The Morgan fingerprint density at radius 2 is 1.71 bits per heavy atom. The summed E-state index contributed by atoms with van der Waals surface area (Å²) in [6.07, 6.45) is 0. The van der Waals surface area contributed by atoms with E-state index in [4.69, 9.17) is 9.72 Å². The first-order chi connectivity index (χ1) is 17.0. The lowest BCUT2D eigenvalue weighted by Gasteiger charge is -2.35. The Kier molecular flexibility index (Phi) is 5.82. The van der Waals surface area contributed by atoms with Crippen molar-refractivity contribution in [1.29, 1.82) is 0 Å². The maximum absolute atomic E-state index is 13.3. The first-order valence-electron chi connectivity index (χ1n) is 11.3. The SMILES string of the molecule is COc1ccccc1-n1nc(C(=O)N2CCN(c3cc(C)c4ccccc4n3)CC2)c(O)cc1=O. The number of methoxy groups -OCH3 is 1. The number of carbonyl (C=O) groups is 1. The van der Waals surface area contributed by atoms with E-state index in [-0.39, 0.29) is 5.69 Å². The first-order valence-corrected chi connectivity index (χ1v) is 11.3. The van der Waals surface area contributed by atoms with Gasteiger partial charge in [-0.1, -0.05) is 30.3 Å². The van der Waals surface area contributed by atoms with Crippen LogP contribution in [0.2, 0.25) is 0 Å². The number of para-hydroxylation sites is 3. The van der Waals surface area contributed by atoms with Gasteiger partial charge in [0.25, 0.3) is 11.5 Å². The molecule has 0 spiro atoms. The standard InChI is InChI=1S/C26H25N5O4/c1-17-15-23(27-19-8-4-3-7-18(17)19)29-11-13-30(14-12-29)26(34)25-21(32)16-24(33)31(28-25)20-9-5-6-10-22(20)35-2/h3-10,15-16,32H,11-14H2,1-2H3. The molecule has 0 bridgehead atoms. The number of rotatable bonds is 4. The molecule has 0 saturated carbocycles. The molecule has 4 aromatic rings. The number of pyridine rings is 1. The highest BCUT2D eigenvalue weighted by Gasteiger charge is 2.27. The third-order valence-corrected chi connectivity index (χ3v) is 6.23. The molecule has 1 fully saturated rings. The van der Waals surface area contributed by atoms with Crippen LogP contribution in [0.25, 0.3) is 16.6 Å². The number of piperazine rings is 1. The number of hydrogen-bond acceptors (Lipinski definition) is 7. The summed E-state index contributed by atoms with van der Waals surface area (Å²) >= 11 is 0. The fourth-order valence-electron chi connectivity index (χ4n) is 4.36. The third-order valence-electron chi connectivity index (χ3n) is 6.23. The summed E-state index contributed by atoms with van der Waals surface area (Å²) in [5.41, 5.74) is 1.73. The van der Waals surface area contributed by atoms with E-state index in [1.165, 1.54) is 7.11 Å². The first kappa shape index (κ1) is 22.4. The zero-order chi connectivity index (χ0) is 24.5. The summed E-state index contributed by atoms with van der Waals surface area (Å²) in [5.74, 6) is 0.422. The van der Waals surface area contributed by atoms with Crippen molar-refractivity contribution in [2.45, 2.75) is 6.92 Å². The highest BCUT2D eigenvalue weighted by Crippen LogP contribution is 2.25. The summed E-state index contributed by atoms with van der Waals surface area (Å²) in [5, 5.41) is 15.7. The summed E-state index contributed by atoms with van der Waals surface area (Å²) in [6, 6.07) is 18.0. The van der Waals surface area contributed by atoms with Crippen molar-refractivity contribution in [3.63, 3.8) is 0 Å². The van der Waals surface area contributed by atoms with E-state index >= 15 is 0 Å². The number of hydrogen-bond donors (Lipinski definition) is 1. The van der Waals surface area contributed by atoms with Gasteiger partial charge in [0.2, 0.25) is 0 Å². The highest BCUT2D eigenvalue weighted by atomic mass is 16.5. The quantitative estimate of drug-likeness (QED) is 0.488. The van der Waals surface area contributed by atoms with Crippen molar-refractivity contribution < 1.29 is 14.6 Å². The Bertz CT molecular complexity index is 1470. The monoisotopic (exact) mass is 471 g/mol. The van der Waals surface area contributed by atoms with Gasteiger partial charge < -0.3 is 19.6 Å². The molecule has 1 N–H and O–H groups in total. The predicted molar refractivity (Wildman–Crippen MR) is 133 cm³/mol. The van der Waals surface area contributed by atoms with E-state index in [1.54, 1.807) is 29.2 Å². The van der Waals surface area contributed by atoms with E-state index in [2.05, 4.69) is 29.1 Å². The van der Waals surface area contributed by atoms with Crippen LogP contribution in [0.4, 0.5) is 5.82 Å². The average molecular weight is 472 g/mol. The molecule has 9 nitrogen and oxygen atoms in total. The number of ether oxygens (including phenoxy) is 1. The molecule has 178 valence electrons. The molecular weight excluding hydrogens is 446 g/mol. The molecule has 9 heteroatoms. The summed E-state index contributed by atoms with van der Waals surface area (Å²) in [7, 11) is 1.49. The lowest BCUT2D eigenvalue weighted by atomic mass is 10.1. The molecule has 2 aromatic heterocycles. The molecule has 35 heavy (non-hydrogen) atoms. The number of amides is 1. The minimum atomic E-state index is -0.564. The zero-order valence-electron chi connectivity index (χ0n) is 19.5. The molecule has 0 aliphatic carbocycles. The molecule has 1 amide bonds. The lowest BCUT2D eigenvalue weighted by Crippen LogP contribution is -2.49. The number of aryl methyl sites for hydroxylation is 1. The van der Waals surface area contributed by atoms with E-state index < -0.39 is 17.2 Å². The van der Waals surface area contributed by atoms with E-state index in [0.717, 1.165) is 33.0 Å². The molecule has 3 heterocycles. The number of aromatic hydroxyl groups is 1. The van der Waals surface area contributed by atoms with Crippen LogP contribution in [0, 0.1) is 6.92 Å². The van der Waals surface area contributed by atoms with Crippen molar-refractivity contribution in [2.24, 2.45) is 0 Å². The van der Waals surface area contributed by atoms with Gasteiger partial charge in [0.1, 0.15) is 17.3 Å². The number of nitrogens with zero attached hydrogens (tertiary/aromatic N) is 5. The van der Waals surface area contributed by atoms with E-state index in [1.807, 2.05) is 18.2 Å². The summed E-state index contributed by atoms with van der Waals surface area (Å²) in [6.45, 7) is 4.10. The molecule has 1 aliphatic heterocycles. The van der Waals surface area contributed by atoms with E-state index in [9.17, 15) is 14.7 Å². The minimum Gasteiger partial charge on any atom is -0.505 e. The Morgan fingerprint density at radius 1 is 1.00 bits per heavy atom. The Morgan fingerprint density at radius 3 is 2.49 bits per heavy atom. The van der Waals surface area contributed by atoms with Gasteiger partial charge in [-0.15, -0.1) is 0 Å². The normalized spacial score (nSPS) is 13.8. The maximum atomic E-state index is 13.3. The van der Waals surface area contributed by atoms with Crippen LogP contribution >= 0.6 is 0 Å². The topological polar surface area (TPSA) is 101 Å². The molecule has 2 aromatic carbocycles. The number of benzene rings is 2. The lowest BCUT2D eigenvalue weighted by molar-refractivity contribution is 0.0735. The van der Waals surface area contributed by atoms with Crippen LogP contribution in [0.15, 0.2) is 65.5 Å². The van der Waals surface area contributed by atoms with Crippen LogP contribution in [-0.2, 0) is 0 Å². The van der Waals surface area contributed by atoms with Crippen LogP contribution < -0.4 is 15.2 Å². The highest BCUT2D eigenvalue weighted by molar-refractivity contribution is 5.95.